The summed E-state index contributed by atoms with van der Waals surface area (Å²) in [5, 5.41) is 9.34. The van der Waals surface area contributed by atoms with Gasteiger partial charge in [-0.2, -0.15) is 10.2 Å². The molecular formula is C35H31F4IN10S2. The maximum Gasteiger partial charge on any atom is 0.167 e. The molecule has 17 heteroatoms. The monoisotopic (exact) mass is 858 g/mol. The molecule has 2 atom stereocenters. The Morgan fingerprint density at radius 3 is 1.73 bits per heavy atom. The summed E-state index contributed by atoms with van der Waals surface area (Å²) in [6.45, 7) is 1.45. The molecule has 2 N–H and O–H groups in total. The van der Waals surface area contributed by atoms with Crippen molar-refractivity contribution in [3.63, 3.8) is 0 Å². The number of nitrogens with zero attached hydrogens (tertiary/aromatic N) is 9. The largest absolute Gasteiger partial charge is 0.389 e. The average Bonchev–Trinajstić information content (AvgIpc) is 3.97. The standard InChI is InChI=1S/C18H16F2IN5S.C17H15F2N5S/c1-27-18(24-21)13-10-22-26-8-6-16(23-17(13)26)25-7-2-3-15(25)12-9-11(19)4-5-14(12)20;18-10-3-4-13(19)11(8-10)14-2-1-6-23(14)15-5-7-24-17(22-15)12(9-21-24)16(20)25/h4-6,8-10,15H,2-3,7H2,1H3;3-5,7-9,14H,1-2,6H2,(H2,20,25)/t15-;14-/m11/s1. The maximum atomic E-state index is 14.3. The fraction of sp³-hybridized carbons (Fsp3) is 0.257. The van der Waals surface area contributed by atoms with E-state index in [1.165, 1.54) is 36.0 Å². The summed E-state index contributed by atoms with van der Waals surface area (Å²) >= 11 is 8.52. The van der Waals surface area contributed by atoms with Crippen molar-refractivity contribution in [2.45, 2.75) is 37.8 Å². The Morgan fingerprint density at radius 2 is 1.27 bits per heavy atom. The molecule has 0 spiro atoms. The van der Waals surface area contributed by atoms with Gasteiger partial charge >= 0.3 is 0 Å². The quantitative estimate of drug-likeness (QED) is 0.0591. The van der Waals surface area contributed by atoms with E-state index in [0.29, 0.717) is 40.3 Å². The Labute approximate surface area is 319 Å². The van der Waals surface area contributed by atoms with Crippen molar-refractivity contribution in [1.29, 1.82) is 0 Å². The van der Waals surface area contributed by atoms with E-state index in [0.717, 1.165) is 60.8 Å². The van der Waals surface area contributed by atoms with E-state index in [-0.39, 0.29) is 22.9 Å². The zero-order valence-electron chi connectivity index (χ0n) is 27.6. The number of benzene rings is 2. The smallest absolute Gasteiger partial charge is 0.167 e. The molecule has 0 aliphatic carbocycles. The number of anilines is 2. The summed E-state index contributed by atoms with van der Waals surface area (Å²) in [7, 11) is 0. The molecule has 2 fully saturated rings. The van der Waals surface area contributed by atoms with Crippen molar-refractivity contribution in [1.82, 2.24) is 29.2 Å². The lowest BCUT2D eigenvalue weighted by atomic mass is 10.0. The predicted octanol–water partition coefficient (Wildman–Crippen LogP) is 7.79. The highest BCUT2D eigenvalue weighted by Crippen LogP contribution is 2.38. The third-order valence-corrected chi connectivity index (χ3v) is 10.9. The van der Waals surface area contributed by atoms with Crippen molar-refractivity contribution in [2.24, 2.45) is 8.94 Å². The minimum atomic E-state index is -0.446. The first-order valence-electron chi connectivity index (χ1n) is 16.3. The van der Waals surface area contributed by atoms with Crippen LogP contribution in [0.4, 0.5) is 29.2 Å². The summed E-state index contributed by atoms with van der Waals surface area (Å²) in [6, 6.07) is 10.3. The van der Waals surface area contributed by atoms with Crippen LogP contribution in [-0.2, 0) is 0 Å². The normalized spacial score (nSPS) is 17.6. The fourth-order valence-corrected chi connectivity index (χ4v) is 8.25. The second kappa shape index (κ2) is 15.3. The van der Waals surface area contributed by atoms with Gasteiger partial charge in [-0.3, -0.25) is 0 Å². The van der Waals surface area contributed by atoms with Gasteiger partial charge in [-0.25, -0.2) is 39.8 Å². The third kappa shape index (κ3) is 7.04. The van der Waals surface area contributed by atoms with Crippen molar-refractivity contribution in [3.8, 4) is 0 Å². The topological polar surface area (TPSA) is 105 Å². The molecule has 0 amide bonds. The Morgan fingerprint density at radius 1 is 0.788 bits per heavy atom. The van der Waals surface area contributed by atoms with E-state index < -0.39 is 17.5 Å². The molecule has 0 unspecified atom stereocenters. The molecule has 2 saturated heterocycles. The number of nitrogens with two attached hydrogens (primary N) is 1. The molecular weight excluding hydrogens is 827 g/mol. The number of thioether (sulfide) groups is 1. The van der Waals surface area contributed by atoms with Crippen molar-refractivity contribution >= 4 is 79.8 Å². The Kier molecular flexibility index (Phi) is 10.6. The minimum Gasteiger partial charge on any atom is -0.389 e. The Hall–Kier alpha value is -4.36. The van der Waals surface area contributed by atoms with Gasteiger partial charge in [-0.15, -0.1) is 11.8 Å². The van der Waals surface area contributed by atoms with Crippen molar-refractivity contribution in [2.75, 3.05) is 29.1 Å². The zero-order chi connectivity index (χ0) is 36.5. The highest BCUT2D eigenvalue weighted by Gasteiger charge is 2.31. The Bertz CT molecular complexity index is 2310. The van der Waals surface area contributed by atoms with Crippen LogP contribution in [0.25, 0.3) is 11.3 Å². The molecule has 6 heterocycles. The first-order chi connectivity index (χ1) is 25.2. The zero-order valence-corrected chi connectivity index (χ0v) is 31.4. The number of hydrogen-bond acceptors (Lipinski definition) is 9. The van der Waals surface area contributed by atoms with E-state index >= 15 is 0 Å². The minimum absolute atomic E-state index is 0.216. The van der Waals surface area contributed by atoms with Gasteiger partial charge in [0, 0.05) is 36.6 Å². The molecule has 2 aliphatic heterocycles. The van der Waals surface area contributed by atoms with E-state index in [2.05, 4.69) is 18.4 Å². The van der Waals surface area contributed by atoms with Gasteiger partial charge in [0.05, 0.1) is 58.5 Å². The van der Waals surface area contributed by atoms with Crippen LogP contribution < -0.4 is 15.5 Å². The fourth-order valence-electron chi connectivity index (χ4n) is 6.82. The van der Waals surface area contributed by atoms with Gasteiger partial charge in [-0.05, 0) is 80.5 Å². The number of fused-ring (bicyclic) bond motifs is 2. The predicted molar refractivity (Wildman–Crippen MR) is 207 cm³/mol. The summed E-state index contributed by atoms with van der Waals surface area (Å²) in [4.78, 5) is 13.6. The first-order valence-corrected chi connectivity index (χ1v) is 18.9. The first kappa shape index (κ1) is 36.0. The van der Waals surface area contributed by atoms with Crippen LogP contribution >= 0.6 is 46.8 Å². The highest BCUT2D eigenvalue weighted by molar-refractivity contribution is 14.1. The van der Waals surface area contributed by atoms with Crippen LogP contribution in [0.15, 0.2) is 76.5 Å². The molecule has 2 aliphatic rings. The SMILES string of the molecule is CSC(=NI)c1cnn2ccc(N3CCC[C@@H]3c3cc(F)ccc3F)nc12.NC(=S)c1cnn2ccc(N3CCC[C@@H]3c3cc(F)ccc3F)nc12. The van der Waals surface area contributed by atoms with E-state index in [9.17, 15) is 17.6 Å². The maximum absolute atomic E-state index is 14.3. The van der Waals surface area contributed by atoms with Crippen LogP contribution in [0.1, 0.15) is 60.0 Å². The van der Waals surface area contributed by atoms with E-state index in [4.69, 9.17) is 22.9 Å². The van der Waals surface area contributed by atoms with E-state index in [1.54, 1.807) is 33.7 Å². The molecule has 2 aromatic carbocycles. The molecule has 8 rings (SSSR count). The third-order valence-electron chi connectivity index (χ3n) is 9.20. The summed E-state index contributed by atoms with van der Waals surface area (Å²) in [6.07, 6.45) is 12.1. The average molecular weight is 859 g/mol. The van der Waals surface area contributed by atoms with Crippen LogP contribution in [0, 0.1) is 23.3 Å². The number of halogens is 5. The second-order valence-corrected chi connectivity index (χ2v) is 13.9. The second-order valence-electron chi connectivity index (χ2n) is 12.2. The summed E-state index contributed by atoms with van der Waals surface area (Å²) in [5.41, 5.74) is 9.13. The van der Waals surface area contributed by atoms with Crippen molar-refractivity contribution < 1.29 is 17.6 Å². The number of rotatable bonds is 6. The Balaban J connectivity index is 0.000000162. The lowest BCUT2D eigenvalue weighted by Gasteiger charge is -2.26. The van der Waals surface area contributed by atoms with Gasteiger partial charge in [0.25, 0.3) is 0 Å². The number of aromatic nitrogens is 6. The molecule has 268 valence electrons. The van der Waals surface area contributed by atoms with Gasteiger partial charge in [0.1, 0.15) is 44.9 Å². The molecule has 52 heavy (non-hydrogen) atoms. The van der Waals surface area contributed by atoms with Crippen LogP contribution in [-0.4, -0.2) is 58.6 Å². The van der Waals surface area contributed by atoms with Crippen LogP contribution in [0.3, 0.4) is 0 Å². The van der Waals surface area contributed by atoms with Gasteiger partial charge < -0.3 is 15.5 Å². The summed E-state index contributed by atoms with van der Waals surface area (Å²) in [5.74, 6) is -0.282. The van der Waals surface area contributed by atoms with Crippen LogP contribution in [0.2, 0.25) is 0 Å². The number of hydrogen-bond donors (Lipinski definition) is 1. The lowest BCUT2D eigenvalue weighted by molar-refractivity contribution is 0.560. The molecule has 10 nitrogen and oxygen atoms in total. The molecule has 6 aromatic rings. The van der Waals surface area contributed by atoms with Crippen LogP contribution in [0.5, 0.6) is 0 Å². The van der Waals surface area contributed by atoms with Gasteiger partial charge in [0.2, 0.25) is 0 Å². The number of thiocarbonyl (C=S) groups is 1. The van der Waals surface area contributed by atoms with Gasteiger partial charge in [-0.1, -0.05) is 12.2 Å². The molecule has 4 aromatic heterocycles. The lowest BCUT2D eigenvalue weighted by Crippen LogP contribution is -2.24. The highest BCUT2D eigenvalue weighted by atomic mass is 127. The molecule has 0 bridgehead atoms. The van der Waals surface area contributed by atoms with Crippen molar-refractivity contribution in [3.05, 3.63) is 119 Å². The summed E-state index contributed by atoms with van der Waals surface area (Å²) < 4.78 is 63.4. The molecule has 0 saturated carbocycles. The van der Waals surface area contributed by atoms with Gasteiger partial charge in [0.15, 0.2) is 11.3 Å². The molecule has 0 radical (unpaired) electrons. The van der Waals surface area contributed by atoms with E-state index in [1.807, 2.05) is 51.2 Å².